The molecular formula is C19H32N2. The van der Waals surface area contributed by atoms with Gasteiger partial charge in [-0.1, -0.05) is 50.5 Å². The molecule has 0 radical (unpaired) electrons. The molecule has 0 aromatic heterocycles. The Balaban J connectivity index is 1.73. The Labute approximate surface area is 130 Å². The van der Waals surface area contributed by atoms with Gasteiger partial charge in [0.05, 0.1) is 0 Å². The molecule has 0 aliphatic heterocycles. The Kier molecular flexibility index (Phi) is 7.25. The average Bonchev–Trinajstić information content (AvgIpc) is 2.50. The van der Waals surface area contributed by atoms with Gasteiger partial charge in [-0.3, -0.25) is 0 Å². The zero-order valence-electron chi connectivity index (χ0n) is 13.9. The predicted molar refractivity (Wildman–Crippen MR) is 91.6 cm³/mol. The first-order chi connectivity index (χ1) is 10.3. The third-order valence-electron chi connectivity index (χ3n) is 4.61. The van der Waals surface area contributed by atoms with Crippen LogP contribution in [0.4, 0.5) is 0 Å². The first-order valence-corrected chi connectivity index (χ1v) is 8.75. The number of nitrogens with one attached hydrogen (secondary N) is 1. The number of hydrogen-bond acceptors (Lipinski definition) is 2. The second-order valence-electron chi connectivity index (χ2n) is 6.62. The van der Waals surface area contributed by atoms with Crippen LogP contribution < -0.4 is 5.32 Å². The van der Waals surface area contributed by atoms with E-state index in [1.54, 1.807) is 0 Å². The Bertz CT molecular complexity index is 379. The second kappa shape index (κ2) is 9.22. The number of hydrogen-bond donors (Lipinski definition) is 1. The average molecular weight is 288 g/mol. The molecule has 1 N–H and O–H groups in total. The lowest BCUT2D eigenvalue weighted by molar-refractivity contribution is 0.228. The van der Waals surface area contributed by atoms with E-state index in [9.17, 15) is 0 Å². The maximum atomic E-state index is 3.38. The van der Waals surface area contributed by atoms with Crippen LogP contribution in [0.3, 0.4) is 0 Å². The van der Waals surface area contributed by atoms with E-state index in [0.717, 1.165) is 32.0 Å². The number of rotatable bonds is 8. The Morgan fingerprint density at radius 1 is 1.05 bits per heavy atom. The molecule has 0 saturated heterocycles. The largest absolute Gasteiger partial charge is 0.317 e. The zero-order chi connectivity index (χ0) is 14.9. The van der Waals surface area contributed by atoms with Crippen LogP contribution >= 0.6 is 0 Å². The zero-order valence-corrected chi connectivity index (χ0v) is 13.9. The van der Waals surface area contributed by atoms with Gasteiger partial charge in [0.15, 0.2) is 0 Å². The molecule has 2 heteroatoms. The van der Waals surface area contributed by atoms with Crippen molar-refractivity contribution in [2.45, 2.75) is 52.0 Å². The fraction of sp³-hybridized carbons (Fsp3) is 0.684. The van der Waals surface area contributed by atoms with Gasteiger partial charge >= 0.3 is 0 Å². The lowest BCUT2D eigenvalue weighted by Gasteiger charge is -2.27. The lowest BCUT2D eigenvalue weighted by Crippen LogP contribution is -2.26. The summed E-state index contributed by atoms with van der Waals surface area (Å²) in [5, 5.41) is 3.38. The van der Waals surface area contributed by atoms with E-state index in [-0.39, 0.29) is 0 Å². The van der Waals surface area contributed by atoms with Gasteiger partial charge in [-0.15, -0.1) is 0 Å². The van der Waals surface area contributed by atoms with Crippen molar-refractivity contribution in [1.82, 2.24) is 10.2 Å². The van der Waals surface area contributed by atoms with Crippen molar-refractivity contribution in [3.8, 4) is 0 Å². The maximum absolute atomic E-state index is 3.38. The number of nitrogens with zero attached hydrogens (tertiary/aromatic N) is 1. The fourth-order valence-electron chi connectivity index (χ4n) is 3.41. The minimum absolute atomic E-state index is 0.933. The normalized spacial score (nSPS) is 16.5. The summed E-state index contributed by atoms with van der Waals surface area (Å²) < 4.78 is 0. The van der Waals surface area contributed by atoms with Crippen molar-refractivity contribution < 1.29 is 0 Å². The van der Waals surface area contributed by atoms with Crippen LogP contribution in [-0.2, 0) is 13.0 Å². The molecule has 21 heavy (non-hydrogen) atoms. The van der Waals surface area contributed by atoms with Crippen molar-refractivity contribution in [3.05, 3.63) is 35.4 Å². The summed E-state index contributed by atoms with van der Waals surface area (Å²) in [5.74, 6) is 0.933. The van der Waals surface area contributed by atoms with E-state index < -0.39 is 0 Å². The van der Waals surface area contributed by atoms with Crippen LogP contribution in [0.2, 0.25) is 0 Å². The molecule has 0 heterocycles. The molecule has 1 aliphatic rings. The maximum Gasteiger partial charge on any atom is 0.0230 e. The van der Waals surface area contributed by atoms with Crippen LogP contribution in [0.25, 0.3) is 0 Å². The van der Waals surface area contributed by atoms with Gasteiger partial charge in [0.2, 0.25) is 0 Å². The lowest BCUT2D eigenvalue weighted by atomic mass is 9.89. The first kappa shape index (κ1) is 16.5. The summed E-state index contributed by atoms with van der Waals surface area (Å²) in [6.07, 6.45) is 8.35. The summed E-state index contributed by atoms with van der Waals surface area (Å²) >= 11 is 0. The van der Waals surface area contributed by atoms with Gasteiger partial charge in [0.1, 0.15) is 0 Å². The van der Waals surface area contributed by atoms with Crippen molar-refractivity contribution >= 4 is 0 Å². The van der Waals surface area contributed by atoms with E-state index in [1.165, 1.54) is 49.8 Å². The standard InChI is InChI=1S/C19H32N2/c1-3-20-14-13-17-9-11-19(12-10-17)16-21(2)15-18-7-5-4-6-8-18/h9-12,18,20H,3-8,13-16H2,1-2H3. The molecule has 2 nitrogen and oxygen atoms in total. The smallest absolute Gasteiger partial charge is 0.0230 e. The second-order valence-corrected chi connectivity index (χ2v) is 6.62. The van der Waals surface area contributed by atoms with E-state index in [1.807, 2.05) is 0 Å². The number of benzene rings is 1. The fourth-order valence-corrected chi connectivity index (χ4v) is 3.41. The molecule has 0 amide bonds. The van der Waals surface area contributed by atoms with E-state index in [2.05, 4.69) is 48.5 Å². The van der Waals surface area contributed by atoms with E-state index in [0.29, 0.717) is 0 Å². The summed E-state index contributed by atoms with van der Waals surface area (Å²) in [7, 11) is 2.27. The molecule has 1 aromatic rings. The molecule has 1 aromatic carbocycles. The highest BCUT2D eigenvalue weighted by Crippen LogP contribution is 2.24. The molecular weight excluding hydrogens is 256 g/mol. The summed E-state index contributed by atoms with van der Waals surface area (Å²) in [5.41, 5.74) is 2.88. The molecule has 1 fully saturated rings. The molecule has 0 spiro atoms. The Hall–Kier alpha value is -0.860. The molecule has 0 atom stereocenters. The van der Waals surface area contributed by atoms with Gasteiger partial charge in [-0.05, 0) is 56.4 Å². The monoisotopic (exact) mass is 288 g/mol. The third kappa shape index (κ3) is 6.19. The van der Waals surface area contributed by atoms with Crippen LogP contribution in [0.1, 0.15) is 50.2 Å². The van der Waals surface area contributed by atoms with Crippen molar-refractivity contribution in [3.63, 3.8) is 0 Å². The molecule has 1 aliphatic carbocycles. The highest BCUT2D eigenvalue weighted by atomic mass is 15.1. The molecule has 0 bridgehead atoms. The minimum atomic E-state index is 0.933. The van der Waals surface area contributed by atoms with Crippen LogP contribution in [-0.4, -0.2) is 31.6 Å². The Morgan fingerprint density at radius 2 is 1.71 bits per heavy atom. The third-order valence-corrected chi connectivity index (χ3v) is 4.61. The van der Waals surface area contributed by atoms with Crippen LogP contribution in [0.5, 0.6) is 0 Å². The SMILES string of the molecule is CCNCCc1ccc(CN(C)CC2CCCCC2)cc1. The van der Waals surface area contributed by atoms with Crippen molar-refractivity contribution in [2.75, 3.05) is 26.7 Å². The Morgan fingerprint density at radius 3 is 2.38 bits per heavy atom. The van der Waals surface area contributed by atoms with Gasteiger partial charge in [-0.2, -0.15) is 0 Å². The quantitative estimate of drug-likeness (QED) is 0.731. The highest BCUT2D eigenvalue weighted by Gasteiger charge is 2.15. The van der Waals surface area contributed by atoms with Gasteiger partial charge in [0.25, 0.3) is 0 Å². The topological polar surface area (TPSA) is 15.3 Å². The predicted octanol–water partition coefficient (Wildman–Crippen LogP) is 3.85. The van der Waals surface area contributed by atoms with Crippen LogP contribution in [0, 0.1) is 5.92 Å². The highest BCUT2D eigenvalue weighted by molar-refractivity contribution is 5.22. The number of likely N-dealkylation sites (N-methyl/N-ethyl adjacent to an activating group) is 1. The van der Waals surface area contributed by atoms with E-state index in [4.69, 9.17) is 0 Å². The van der Waals surface area contributed by atoms with Crippen LogP contribution in [0.15, 0.2) is 24.3 Å². The van der Waals surface area contributed by atoms with Gasteiger partial charge in [-0.25, -0.2) is 0 Å². The van der Waals surface area contributed by atoms with Crippen molar-refractivity contribution in [1.29, 1.82) is 0 Å². The first-order valence-electron chi connectivity index (χ1n) is 8.75. The van der Waals surface area contributed by atoms with E-state index >= 15 is 0 Å². The summed E-state index contributed by atoms with van der Waals surface area (Å²) in [4.78, 5) is 2.50. The molecule has 2 rings (SSSR count). The summed E-state index contributed by atoms with van der Waals surface area (Å²) in [6.45, 7) is 6.65. The minimum Gasteiger partial charge on any atom is -0.317 e. The van der Waals surface area contributed by atoms with Gasteiger partial charge < -0.3 is 10.2 Å². The molecule has 118 valence electrons. The van der Waals surface area contributed by atoms with Crippen molar-refractivity contribution in [2.24, 2.45) is 5.92 Å². The van der Waals surface area contributed by atoms with Gasteiger partial charge in [0, 0.05) is 13.1 Å². The molecule has 1 saturated carbocycles. The summed E-state index contributed by atoms with van der Waals surface area (Å²) in [6, 6.07) is 9.19. The molecule has 0 unspecified atom stereocenters.